The van der Waals surface area contributed by atoms with Crippen LogP contribution in [-0.2, 0) is 13.6 Å². The Balaban J connectivity index is 2.39. The molecule has 1 unspecified atom stereocenters. The number of benzene rings is 2. The second kappa shape index (κ2) is 5.91. The molecular weight excluding hydrogens is 295 g/mol. The molecule has 2 aromatic carbocycles. The van der Waals surface area contributed by atoms with Gasteiger partial charge in [-0.15, -0.1) is 0 Å². The Morgan fingerprint density at radius 1 is 1.05 bits per heavy atom. The molecule has 2 aromatic rings. The van der Waals surface area contributed by atoms with Crippen LogP contribution in [-0.4, -0.2) is 6.61 Å². The Labute approximate surface area is 131 Å². The van der Waals surface area contributed by atoms with Gasteiger partial charge in [-0.3, -0.25) is 4.52 Å². The topological polar surface area (TPSA) is 35.5 Å². The van der Waals surface area contributed by atoms with E-state index in [2.05, 4.69) is 19.1 Å². The van der Waals surface area contributed by atoms with Gasteiger partial charge in [0.25, 0.3) is 0 Å². The Hall–Kier alpha value is -1.57. The highest BCUT2D eigenvalue weighted by atomic mass is 31.2. The van der Waals surface area contributed by atoms with E-state index in [0.717, 1.165) is 39.4 Å². The summed E-state index contributed by atoms with van der Waals surface area (Å²) in [5.41, 5.74) is 2.15. The summed E-state index contributed by atoms with van der Waals surface area (Å²) in [6.45, 7) is 6.33. The largest absolute Gasteiger partial charge is 0.425 e. The van der Waals surface area contributed by atoms with Crippen LogP contribution < -0.4 is 5.30 Å². The molecule has 116 valence electrons. The molecule has 0 spiro atoms. The molecule has 0 saturated carbocycles. The Morgan fingerprint density at radius 3 is 2.50 bits per heavy atom. The summed E-state index contributed by atoms with van der Waals surface area (Å²) in [5, 5.41) is 2.74. The van der Waals surface area contributed by atoms with E-state index in [0.29, 0.717) is 13.0 Å². The van der Waals surface area contributed by atoms with Gasteiger partial charge in [0, 0.05) is 6.42 Å². The first-order valence-corrected chi connectivity index (χ1v) is 9.37. The van der Waals surface area contributed by atoms with E-state index in [4.69, 9.17) is 9.05 Å². The maximum atomic E-state index is 13.4. The van der Waals surface area contributed by atoms with Gasteiger partial charge < -0.3 is 4.52 Å². The summed E-state index contributed by atoms with van der Waals surface area (Å²) in [6.07, 6.45) is 1.56. The molecule has 1 atom stereocenters. The van der Waals surface area contributed by atoms with Gasteiger partial charge in [-0.1, -0.05) is 50.2 Å². The van der Waals surface area contributed by atoms with E-state index in [-0.39, 0.29) is 0 Å². The molecule has 0 radical (unpaired) electrons. The number of fused-ring (bicyclic) bond motifs is 3. The first-order chi connectivity index (χ1) is 10.6. The summed E-state index contributed by atoms with van der Waals surface area (Å²) in [5.74, 6) is 0.794. The van der Waals surface area contributed by atoms with Crippen molar-refractivity contribution < 1.29 is 13.6 Å². The van der Waals surface area contributed by atoms with Crippen LogP contribution in [0.25, 0.3) is 16.3 Å². The summed E-state index contributed by atoms with van der Waals surface area (Å²) in [6, 6.07) is 12.1. The van der Waals surface area contributed by atoms with Crippen LogP contribution in [0.4, 0.5) is 0 Å². The van der Waals surface area contributed by atoms with Crippen molar-refractivity contribution in [3.8, 4) is 0 Å². The van der Waals surface area contributed by atoms with E-state index in [1.54, 1.807) is 0 Å². The molecular formula is C18H21O3P. The zero-order valence-corrected chi connectivity index (χ0v) is 14.2. The van der Waals surface area contributed by atoms with Crippen LogP contribution >= 0.6 is 7.60 Å². The molecule has 1 heterocycles. The average Bonchev–Trinajstić information content (AvgIpc) is 2.54. The first kappa shape index (κ1) is 15.3. The third-order valence-corrected chi connectivity index (χ3v) is 6.13. The number of hydrogen-bond donors (Lipinski definition) is 0. The highest BCUT2D eigenvalue weighted by Gasteiger charge is 2.39. The fourth-order valence-electron chi connectivity index (χ4n) is 3.12. The molecule has 0 saturated heterocycles. The lowest BCUT2D eigenvalue weighted by atomic mass is 9.97. The summed E-state index contributed by atoms with van der Waals surface area (Å²) >= 11 is 0. The average molecular weight is 316 g/mol. The first-order valence-electron chi connectivity index (χ1n) is 7.83. The molecule has 0 aliphatic carbocycles. The predicted molar refractivity (Wildman–Crippen MR) is 91.4 cm³/mol. The second-order valence-corrected chi connectivity index (χ2v) is 7.18. The zero-order valence-electron chi connectivity index (χ0n) is 13.3. The van der Waals surface area contributed by atoms with Crippen molar-refractivity contribution in [2.75, 3.05) is 6.61 Å². The number of rotatable bonds is 4. The van der Waals surface area contributed by atoms with E-state index in [1.165, 1.54) is 0 Å². The molecule has 0 fully saturated rings. The van der Waals surface area contributed by atoms with Gasteiger partial charge in [0.15, 0.2) is 0 Å². The standard InChI is InChI=1S/C18H21O3P/c1-4-14-16-12-11-13-9-7-8-10-15(13)18(16)22(19,20-6-3)21-17(14)5-2/h7-12H,4-6H2,1-3H3. The van der Waals surface area contributed by atoms with E-state index in [9.17, 15) is 4.57 Å². The van der Waals surface area contributed by atoms with Crippen LogP contribution in [0.5, 0.6) is 0 Å². The molecule has 22 heavy (non-hydrogen) atoms. The maximum Gasteiger partial charge on any atom is 0.411 e. The van der Waals surface area contributed by atoms with Crippen molar-refractivity contribution in [2.24, 2.45) is 0 Å². The van der Waals surface area contributed by atoms with E-state index < -0.39 is 7.60 Å². The monoisotopic (exact) mass is 316 g/mol. The van der Waals surface area contributed by atoms with Gasteiger partial charge in [-0.25, -0.2) is 4.57 Å². The molecule has 3 rings (SSSR count). The maximum absolute atomic E-state index is 13.4. The minimum absolute atomic E-state index is 0.360. The van der Waals surface area contributed by atoms with Gasteiger partial charge in [0.2, 0.25) is 0 Å². The molecule has 0 bridgehead atoms. The minimum atomic E-state index is -3.33. The highest BCUT2D eigenvalue weighted by molar-refractivity contribution is 7.63. The number of hydrogen-bond acceptors (Lipinski definition) is 3. The minimum Gasteiger partial charge on any atom is -0.425 e. The van der Waals surface area contributed by atoms with E-state index >= 15 is 0 Å². The fourth-order valence-corrected chi connectivity index (χ4v) is 5.26. The second-order valence-electron chi connectivity index (χ2n) is 5.30. The van der Waals surface area contributed by atoms with Crippen LogP contribution in [0, 0.1) is 0 Å². The Kier molecular flexibility index (Phi) is 4.12. The molecule has 4 heteroatoms. The molecule has 0 N–H and O–H groups in total. The lowest BCUT2D eigenvalue weighted by Gasteiger charge is -2.30. The Bertz CT molecular complexity index is 792. The van der Waals surface area contributed by atoms with Gasteiger partial charge in [0.05, 0.1) is 11.9 Å². The fraction of sp³-hybridized carbons (Fsp3) is 0.333. The molecule has 1 aliphatic rings. The highest BCUT2D eigenvalue weighted by Crippen LogP contribution is 2.56. The summed E-state index contributed by atoms with van der Waals surface area (Å²) < 4.78 is 25.0. The van der Waals surface area contributed by atoms with Gasteiger partial charge in [0.1, 0.15) is 5.76 Å². The SMILES string of the molecule is CCOP1(=O)OC(CC)=C(CC)c2ccc3ccccc3c21. The van der Waals surface area contributed by atoms with Crippen molar-refractivity contribution in [2.45, 2.75) is 33.6 Å². The van der Waals surface area contributed by atoms with Crippen molar-refractivity contribution in [1.82, 2.24) is 0 Å². The lowest BCUT2D eigenvalue weighted by Crippen LogP contribution is -2.21. The summed E-state index contributed by atoms with van der Waals surface area (Å²) in [4.78, 5) is 0. The van der Waals surface area contributed by atoms with Crippen molar-refractivity contribution in [3.63, 3.8) is 0 Å². The van der Waals surface area contributed by atoms with Crippen LogP contribution in [0.3, 0.4) is 0 Å². The summed E-state index contributed by atoms with van der Waals surface area (Å²) in [7, 11) is -3.33. The van der Waals surface area contributed by atoms with Crippen LogP contribution in [0.15, 0.2) is 42.2 Å². The van der Waals surface area contributed by atoms with Crippen molar-refractivity contribution in [1.29, 1.82) is 0 Å². The Morgan fingerprint density at radius 2 is 1.82 bits per heavy atom. The molecule has 0 aromatic heterocycles. The normalized spacial score (nSPS) is 20.9. The molecule has 3 nitrogen and oxygen atoms in total. The van der Waals surface area contributed by atoms with Crippen LogP contribution in [0.2, 0.25) is 0 Å². The van der Waals surface area contributed by atoms with Crippen molar-refractivity contribution >= 4 is 29.2 Å². The van der Waals surface area contributed by atoms with Gasteiger partial charge >= 0.3 is 7.60 Å². The van der Waals surface area contributed by atoms with Crippen LogP contribution in [0.1, 0.15) is 39.2 Å². The zero-order chi connectivity index (χ0) is 15.7. The smallest absolute Gasteiger partial charge is 0.411 e. The lowest BCUT2D eigenvalue weighted by molar-refractivity contribution is 0.255. The predicted octanol–water partition coefficient (Wildman–Crippen LogP) is 5.26. The van der Waals surface area contributed by atoms with Gasteiger partial charge in [-0.05, 0) is 35.3 Å². The van der Waals surface area contributed by atoms with Gasteiger partial charge in [-0.2, -0.15) is 0 Å². The molecule has 1 aliphatic heterocycles. The van der Waals surface area contributed by atoms with Crippen molar-refractivity contribution in [3.05, 3.63) is 47.7 Å². The molecule has 0 amide bonds. The number of allylic oxidation sites excluding steroid dienone is 2. The third-order valence-electron chi connectivity index (χ3n) is 4.04. The third kappa shape index (κ3) is 2.29. The van der Waals surface area contributed by atoms with E-state index in [1.807, 2.05) is 38.1 Å². The quantitative estimate of drug-likeness (QED) is 0.722.